The Hall–Kier alpha value is -1.56. The van der Waals surface area contributed by atoms with Crippen molar-refractivity contribution in [3.8, 4) is 0 Å². The molecule has 3 amide bonds. The highest BCUT2D eigenvalue weighted by Crippen LogP contribution is 2.29. The third-order valence-electron chi connectivity index (χ3n) is 2.07. The molecule has 0 aliphatic heterocycles. The number of primary amides is 1. The average Bonchev–Trinajstić information content (AvgIpc) is 2.25. The van der Waals surface area contributed by atoms with E-state index in [0.29, 0.717) is 5.56 Å². The molecule has 17 heavy (non-hydrogen) atoms. The van der Waals surface area contributed by atoms with Gasteiger partial charge in [-0.3, -0.25) is 10.1 Å². The summed E-state index contributed by atoms with van der Waals surface area (Å²) in [6.07, 6.45) is 0. The van der Waals surface area contributed by atoms with Crippen molar-refractivity contribution >= 4 is 23.7 Å². The van der Waals surface area contributed by atoms with Crippen molar-refractivity contribution in [2.45, 2.75) is 12.2 Å². The molecule has 0 radical (unpaired) electrons. The summed E-state index contributed by atoms with van der Waals surface area (Å²) < 4.78 is 13.4. The number of hydrogen-bond acceptors (Lipinski definition) is 3. The summed E-state index contributed by atoms with van der Waals surface area (Å²) in [5, 5.41) is 1.78. The monoisotopic (exact) mass is 256 g/mol. The second-order valence-corrected chi connectivity index (χ2v) is 4.72. The number of urea groups is 1. The van der Waals surface area contributed by atoms with Crippen molar-refractivity contribution < 1.29 is 14.0 Å². The molecule has 0 fully saturated rings. The Kier molecular flexibility index (Phi) is 4.96. The molecule has 1 aromatic carbocycles. The van der Waals surface area contributed by atoms with E-state index in [1.807, 2.05) is 5.32 Å². The van der Waals surface area contributed by atoms with Crippen LogP contribution in [0.1, 0.15) is 17.7 Å². The summed E-state index contributed by atoms with van der Waals surface area (Å²) in [5.74, 6) is -0.730. The number of carbonyl (C=O) groups is 2. The van der Waals surface area contributed by atoms with E-state index < -0.39 is 11.9 Å². The van der Waals surface area contributed by atoms with Crippen molar-refractivity contribution in [2.75, 3.05) is 5.75 Å². The highest BCUT2D eigenvalue weighted by Gasteiger charge is 2.13. The zero-order chi connectivity index (χ0) is 12.8. The normalized spacial score (nSPS) is 11.9. The molecule has 0 heterocycles. The van der Waals surface area contributed by atoms with Gasteiger partial charge in [-0.2, -0.15) is 0 Å². The van der Waals surface area contributed by atoms with Crippen molar-refractivity contribution in [3.63, 3.8) is 0 Å². The number of benzene rings is 1. The third kappa shape index (κ3) is 4.44. The molecule has 0 unspecified atom stereocenters. The maximum Gasteiger partial charge on any atom is 0.318 e. The lowest BCUT2D eigenvalue weighted by Gasteiger charge is -2.11. The second-order valence-electron chi connectivity index (χ2n) is 3.39. The predicted molar refractivity (Wildman–Crippen MR) is 65.0 cm³/mol. The lowest BCUT2D eigenvalue weighted by Crippen LogP contribution is -2.36. The van der Waals surface area contributed by atoms with E-state index in [1.165, 1.54) is 17.8 Å². The van der Waals surface area contributed by atoms with Gasteiger partial charge in [0.05, 0.1) is 5.75 Å². The molecule has 1 atom stereocenters. The summed E-state index contributed by atoms with van der Waals surface area (Å²) in [5.41, 5.74) is 5.33. The fourth-order valence-electron chi connectivity index (χ4n) is 1.27. The second kappa shape index (κ2) is 6.24. The SMILES string of the molecule is C[C@@H](SCC(=O)NC(N)=O)c1ccccc1F. The van der Waals surface area contributed by atoms with Gasteiger partial charge in [-0.1, -0.05) is 18.2 Å². The fraction of sp³-hybridized carbons (Fsp3) is 0.273. The maximum absolute atomic E-state index is 13.4. The van der Waals surface area contributed by atoms with Gasteiger partial charge in [0.25, 0.3) is 0 Å². The number of halogens is 1. The van der Waals surface area contributed by atoms with Crippen LogP contribution in [0.15, 0.2) is 24.3 Å². The predicted octanol–water partition coefficient (Wildman–Crippen LogP) is 1.81. The Bertz CT molecular complexity index is 426. The van der Waals surface area contributed by atoms with Gasteiger partial charge in [0.1, 0.15) is 5.82 Å². The first-order valence-corrected chi connectivity index (χ1v) is 6.01. The number of amides is 3. The van der Waals surface area contributed by atoms with Crippen LogP contribution >= 0.6 is 11.8 Å². The minimum Gasteiger partial charge on any atom is -0.351 e. The summed E-state index contributed by atoms with van der Waals surface area (Å²) in [6, 6.07) is 5.50. The molecule has 1 aromatic rings. The Morgan fingerprint density at radius 2 is 2.12 bits per heavy atom. The Morgan fingerprint density at radius 3 is 2.71 bits per heavy atom. The van der Waals surface area contributed by atoms with Crippen molar-refractivity contribution in [2.24, 2.45) is 5.73 Å². The summed E-state index contributed by atoms with van der Waals surface area (Å²) in [6.45, 7) is 1.79. The van der Waals surface area contributed by atoms with Crippen LogP contribution in [0, 0.1) is 5.82 Å². The summed E-state index contributed by atoms with van der Waals surface area (Å²) in [7, 11) is 0. The number of nitrogens with one attached hydrogen (secondary N) is 1. The topological polar surface area (TPSA) is 72.2 Å². The number of imide groups is 1. The van der Waals surface area contributed by atoms with Crippen LogP contribution in [-0.2, 0) is 4.79 Å². The molecule has 92 valence electrons. The van der Waals surface area contributed by atoms with Crippen molar-refractivity contribution in [1.82, 2.24) is 5.32 Å². The highest BCUT2D eigenvalue weighted by molar-refractivity contribution is 8.00. The smallest absolute Gasteiger partial charge is 0.318 e. The number of thioether (sulfide) groups is 1. The Balaban J connectivity index is 2.50. The molecule has 3 N–H and O–H groups in total. The molecule has 0 aliphatic carbocycles. The molecule has 0 saturated heterocycles. The molecule has 1 rings (SSSR count). The van der Waals surface area contributed by atoms with Crippen molar-refractivity contribution in [1.29, 1.82) is 0 Å². The lowest BCUT2D eigenvalue weighted by atomic mass is 10.1. The summed E-state index contributed by atoms with van der Waals surface area (Å²) in [4.78, 5) is 21.5. The molecular weight excluding hydrogens is 243 g/mol. The Labute approximate surface area is 103 Å². The van der Waals surface area contributed by atoms with E-state index in [9.17, 15) is 14.0 Å². The van der Waals surface area contributed by atoms with Crippen molar-refractivity contribution in [3.05, 3.63) is 35.6 Å². The first-order chi connectivity index (χ1) is 8.00. The van der Waals surface area contributed by atoms with Gasteiger partial charge in [0, 0.05) is 10.8 Å². The standard InChI is InChI=1S/C11H13FN2O2S/c1-7(8-4-2-3-5-9(8)12)17-6-10(15)14-11(13)16/h2-5,7H,6H2,1H3,(H3,13,14,15,16)/t7-/m1/s1. The summed E-state index contributed by atoms with van der Waals surface area (Å²) >= 11 is 1.23. The van der Waals surface area contributed by atoms with Crippen LogP contribution < -0.4 is 11.1 Å². The first-order valence-electron chi connectivity index (χ1n) is 4.96. The van der Waals surface area contributed by atoms with Gasteiger partial charge in [-0.25, -0.2) is 9.18 Å². The van der Waals surface area contributed by atoms with E-state index in [1.54, 1.807) is 25.1 Å². The molecule has 0 spiro atoms. The average molecular weight is 256 g/mol. The van der Waals surface area contributed by atoms with Gasteiger partial charge < -0.3 is 5.73 Å². The van der Waals surface area contributed by atoms with Crippen LogP contribution in [0.2, 0.25) is 0 Å². The van der Waals surface area contributed by atoms with E-state index in [4.69, 9.17) is 5.73 Å². The highest BCUT2D eigenvalue weighted by atomic mass is 32.2. The zero-order valence-corrected chi connectivity index (χ0v) is 10.1. The quantitative estimate of drug-likeness (QED) is 0.863. The van der Waals surface area contributed by atoms with Crippen LogP contribution in [0.25, 0.3) is 0 Å². The van der Waals surface area contributed by atoms with E-state index in [2.05, 4.69) is 0 Å². The van der Waals surface area contributed by atoms with Gasteiger partial charge in [0.15, 0.2) is 0 Å². The van der Waals surface area contributed by atoms with Gasteiger partial charge in [0.2, 0.25) is 5.91 Å². The van der Waals surface area contributed by atoms with E-state index in [-0.39, 0.29) is 16.8 Å². The largest absolute Gasteiger partial charge is 0.351 e. The zero-order valence-electron chi connectivity index (χ0n) is 9.27. The minimum atomic E-state index is -0.880. The number of hydrogen-bond donors (Lipinski definition) is 2. The van der Waals surface area contributed by atoms with Crippen LogP contribution in [0.5, 0.6) is 0 Å². The molecular formula is C11H13FN2O2S. The van der Waals surface area contributed by atoms with Gasteiger partial charge in [-0.05, 0) is 13.0 Å². The fourth-order valence-corrected chi connectivity index (χ4v) is 2.11. The van der Waals surface area contributed by atoms with E-state index in [0.717, 1.165) is 0 Å². The number of rotatable bonds is 4. The maximum atomic E-state index is 13.4. The van der Waals surface area contributed by atoms with Crippen LogP contribution in [0.4, 0.5) is 9.18 Å². The van der Waals surface area contributed by atoms with E-state index >= 15 is 0 Å². The van der Waals surface area contributed by atoms with Gasteiger partial charge >= 0.3 is 6.03 Å². The first kappa shape index (κ1) is 13.5. The molecule has 6 heteroatoms. The van der Waals surface area contributed by atoms with Gasteiger partial charge in [-0.15, -0.1) is 11.8 Å². The minimum absolute atomic E-state index is 0.0540. The molecule has 0 bridgehead atoms. The molecule has 0 aromatic heterocycles. The number of nitrogens with two attached hydrogens (primary N) is 1. The molecule has 0 aliphatic rings. The lowest BCUT2D eigenvalue weighted by molar-refractivity contribution is -0.117. The van der Waals surface area contributed by atoms with Crippen LogP contribution in [0.3, 0.4) is 0 Å². The molecule has 0 saturated carbocycles. The number of carbonyl (C=O) groups excluding carboxylic acids is 2. The third-order valence-corrected chi connectivity index (χ3v) is 3.25. The molecule has 4 nitrogen and oxygen atoms in total. The van der Waals surface area contributed by atoms with Crippen LogP contribution in [-0.4, -0.2) is 17.7 Å². The Morgan fingerprint density at radius 1 is 1.47 bits per heavy atom.